The second-order valence-corrected chi connectivity index (χ2v) is 2.54. The molecule has 0 aromatic carbocycles. The second kappa shape index (κ2) is 10.5. The fourth-order valence-electron chi connectivity index (χ4n) is 0.873. The maximum Gasteiger partial charge on any atom is 1.00 e. The third kappa shape index (κ3) is 13.5. The predicted octanol–water partition coefficient (Wildman–Crippen LogP) is -1.90. The van der Waals surface area contributed by atoms with Gasteiger partial charge in [0.05, 0.1) is 0 Å². The number of carbonyl (C=O) groups is 1. The number of carbonyl (C=O) groups excluding carboxylic acids is 1. The van der Waals surface area contributed by atoms with E-state index in [2.05, 4.69) is 6.92 Å². The molecule has 2 nitrogen and oxygen atoms in total. The average Bonchev–Trinajstić information content (AvgIpc) is 1.87. The van der Waals surface area contributed by atoms with Crippen molar-refractivity contribution in [2.45, 2.75) is 45.4 Å². The Labute approximate surface area is 90.7 Å². The van der Waals surface area contributed by atoms with Gasteiger partial charge in [-0.1, -0.05) is 32.6 Å². The number of carboxylic acids is 1. The molecule has 0 aromatic rings. The minimum absolute atomic E-state index is 0. The van der Waals surface area contributed by atoms with Gasteiger partial charge in [-0.2, -0.15) is 0 Å². The van der Waals surface area contributed by atoms with Gasteiger partial charge in [-0.05, 0) is 12.8 Å². The van der Waals surface area contributed by atoms with E-state index in [0.29, 0.717) is 0 Å². The molecule has 0 rings (SSSR count). The van der Waals surface area contributed by atoms with E-state index in [9.17, 15) is 9.90 Å². The molecule has 0 spiro atoms. The number of rotatable bonds is 6. The average molecular weight is 168 g/mol. The number of carboxylic acid groups (broad SMARTS) is 1. The van der Waals surface area contributed by atoms with Crippen molar-refractivity contribution in [3.63, 3.8) is 0 Å². The van der Waals surface area contributed by atoms with Crippen LogP contribution < -0.4 is 34.7 Å². The molecule has 0 saturated carbocycles. The first-order valence-electron chi connectivity index (χ1n) is 3.97. The van der Waals surface area contributed by atoms with E-state index in [1.165, 1.54) is 12.8 Å². The number of hydrogen-bond acceptors (Lipinski definition) is 2. The van der Waals surface area contributed by atoms with Crippen LogP contribution in [0.5, 0.6) is 0 Å². The minimum atomic E-state index is -0.920. The molecule has 0 saturated heterocycles. The molecular formula is C8H15NaO2. The zero-order chi connectivity index (χ0) is 7.82. The first-order chi connectivity index (χ1) is 4.77. The summed E-state index contributed by atoms with van der Waals surface area (Å²) in [4.78, 5) is 9.92. The second-order valence-electron chi connectivity index (χ2n) is 2.54. The number of aliphatic carboxylic acids is 1. The SMILES string of the molecule is CCCCCCC[14C](=O)[O-].[Na+]. The first-order valence-corrected chi connectivity index (χ1v) is 3.97. The molecule has 0 N–H and O–H groups in total. The van der Waals surface area contributed by atoms with E-state index in [-0.39, 0.29) is 36.0 Å². The molecule has 0 fully saturated rings. The zero-order valence-electron chi connectivity index (χ0n) is 7.56. The molecule has 0 aliphatic heterocycles. The normalized spacial score (nSPS) is 8.82. The summed E-state index contributed by atoms with van der Waals surface area (Å²) in [5.74, 6) is -0.920. The van der Waals surface area contributed by atoms with E-state index in [1.54, 1.807) is 0 Å². The molecule has 0 aliphatic rings. The fourth-order valence-corrected chi connectivity index (χ4v) is 0.873. The number of hydrogen-bond donors (Lipinski definition) is 0. The van der Waals surface area contributed by atoms with Gasteiger partial charge in [-0.3, -0.25) is 0 Å². The maximum atomic E-state index is 9.92. The zero-order valence-corrected chi connectivity index (χ0v) is 9.56. The summed E-state index contributed by atoms with van der Waals surface area (Å²) in [6.45, 7) is 2.14. The van der Waals surface area contributed by atoms with Gasteiger partial charge in [0, 0.05) is 5.97 Å². The predicted molar refractivity (Wildman–Crippen MR) is 38.4 cm³/mol. The molecule has 0 aliphatic carbocycles. The Kier molecular flexibility index (Phi) is 13.3. The Morgan fingerprint density at radius 1 is 1.18 bits per heavy atom. The summed E-state index contributed by atoms with van der Waals surface area (Å²) >= 11 is 0. The quantitative estimate of drug-likeness (QED) is 0.343. The standard InChI is InChI=1S/C8H16O2.Na/c1-2-3-4-5-6-7-8(9)10;/h2-7H2,1H3,(H,9,10);/q;+1/p-1/i8+2;. The smallest absolute Gasteiger partial charge is 0.550 e. The minimum Gasteiger partial charge on any atom is -0.550 e. The molecule has 11 heavy (non-hydrogen) atoms. The van der Waals surface area contributed by atoms with Crippen molar-refractivity contribution in [2.24, 2.45) is 0 Å². The topological polar surface area (TPSA) is 40.1 Å². The molecule has 3 heteroatoms. The van der Waals surface area contributed by atoms with Crippen LogP contribution in [0.3, 0.4) is 0 Å². The van der Waals surface area contributed by atoms with Crippen LogP contribution in [0.15, 0.2) is 0 Å². The van der Waals surface area contributed by atoms with Gasteiger partial charge in [-0.25, -0.2) is 0 Å². The van der Waals surface area contributed by atoms with Gasteiger partial charge in [0.1, 0.15) is 0 Å². The van der Waals surface area contributed by atoms with Gasteiger partial charge in [0.25, 0.3) is 0 Å². The molecule has 0 atom stereocenters. The van der Waals surface area contributed by atoms with Crippen LogP contribution in [0.25, 0.3) is 0 Å². The van der Waals surface area contributed by atoms with Crippen molar-refractivity contribution >= 4 is 5.97 Å². The van der Waals surface area contributed by atoms with Crippen LogP contribution in [0.2, 0.25) is 0 Å². The van der Waals surface area contributed by atoms with Crippen molar-refractivity contribution in [3.05, 3.63) is 0 Å². The summed E-state index contributed by atoms with van der Waals surface area (Å²) < 4.78 is 0. The largest absolute Gasteiger partial charge is 1.00 e. The van der Waals surface area contributed by atoms with E-state index in [1.807, 2.05) is 0 Å². The van der Waals surface area contributed by atoms with Gasteiger partial charge >= 0.3 is 29.6 Å². The van der Waals surface area contributed by atoms with Gasteiger partial charge < -0.3 is 9.90 Å². The van der Waals surface area contributed by atoms with Crippen molar-refractivity contribution in [1.29, 1.82) is 0 Å². The Balaban J connectivity index is 0. The third-order valence-electron chi connectivity index (χ3n) is 1.48. The molecule has 0 amide bonds. The summed E-state index contributed by atoms with van der Waals surface area (Å²) in [6, 6.07) is 0. The fraction of sp³-hybridized carbons (Fsp3) is 0.875. The van der Waals surface area contributed by atoms with E-state index in [0.717, 1.165) is 19.3 Å². The first kappa shape index (κ1) is 14.0. The van der Waals surface area contributed by atoms with Crippen molar-refractivity contribution in [1.82, 2.24) is 0 Å². The van der Waals surface area contributed by atoms with Crippen LogP contribution in [0.1, 0.15) is 45.4 Å². The van der Waals surface area contributed by atoms with Crippen LogP contribution in [-0.4, -0.2) is 5.97 Å². The molecule has 0 radical (unpaired) electrons. The summed E-state index contributed by atoms with van der Waals surface area (Å²) in [7, 11) is 0. The van der Waals surface area contributed by atoms with Crippen LogP contribution in [0.4, 0.5) is 0 Å². The molecule has 0 unspecified atom stereocenters. The molecular weight excluding hydrogens is 153 g/mol. The molecule has 60 valence electrons. The van der Waals surface area contributed by atoms with Gasteiger partial charge in [-0.15, -0.1) is 0 Å². The van der Waals surface area contributed by atoms with Crippen molar-refractivity contribution in [2.75, 3.05) is 0 Å². The van der Waals surface area contributed by atoms with E-state index in [4.69, 9.17) is 0 Å². The Morgan fingerprint density at radius 2 is 1.73 bits per heavy atom. The Morgan fingerprint density at radius 3 is 2.18 bits per heavy atom. The molecule has 0 aromatic heterocycles. The van der Waals surface area contributed by atoms with E-state index < -0.39 is 5.97 Å². The Bertz CT molecular complexity index is 94.1. The van der Waals surface area contributed by atoms with Gasteiger partial charge in [0.2, 0.25) is 0 Å². The summed E-state index contributed by atoms with van der Waals surface area (Å²) in [6.07, 6.45) is 5.61. The third-order valence-corrected chi connectivity index (χ3v) is 1.48. The molecule has 0 heterocycles. The van der Waals surface area contributed by atoms with Gasteiger partial charge in [0.15, 0.2) is 0 Å². The molecule has 0 bridgehead atoms. The van der Waals surface area contributed by atoms with Crippen LogP contribution >= 0.6 is 0 Å². The van der Waals surface area contributed by atoms with Crippen molar-refractivity contribution in [3.8, 4) is 0 Å². The van der Waals surface area contributed by atoms with Crippen LogP contribution in [-0.2, 0) is 4.79 Å². The van der Waals surface area contributed by atoms with Crippen molar-refractivity contribution < 1.29 is 39.5 Å². The maximum absolute atomic E-state index is 9.92. The number of unbranched alkanes of at least 4 members (excludes halogenated alkanes) is 4. The summed E-state index contributed by atoms with van der Waals surface area (Å²) in [5.41, 5.74) is 0. The van der Waals surface area contributed by atoms with Crippen LogP contribution in [0, 0.1) is 0 Å². The monoisotopic (exact) mass is 168 g/mol. The Hall–Kier alpha value is 0.470. The summed E-state index contributed by atoms with van der Waals surface area (Å²) in [5, 5.41) is 9.92. The van der Waals surface area contributed by atoms with E-state index >= 15 is 0 Å².